The molecule has 0 aromatic heterocycles. The fourth-order valence-corrected chi connectivity index (χ4v) is 6.90. The minimum absolute atomic E-state index is 0.0153. The molecule has 1 N–H and O–H groups in total. The van der Waals surface area contributed by atoms with Crippen LogP contribution >= 0.6 is 0 Å². The van der Waals surface area contributed by atoms with Crippen molar-refractivity contribution in [2.75, 3.05) is 6.54 Å². The maximum Gasteiger partial charge on any atom is 0.420 e. The van der Waals surface area contributed by atoms with E-state index >= 15 is 0 Å². The molecule has 5 rings (SSSR count). The van der Waals surface area contributed by atoms with Gasteiger partial charge in [-0.1, -0.05) is 24.3 Å². The first-order valence-electron chi connectivity index (χ1n) is 13.7. The van der Waals surface area contributed by atoms with Gasteiger partial charge in [0.1, 0.15) is 11.3 Å². The number of rotatable bonds is 7. The number of nitrogens with zero attached hydrogens (tertiary/aromatic N) is 1. The number of piperidine rings is 1. The van der Waals surface area contributed by atoms with Crippen LogP contribution in [0.15, 0.2) is 30.3 Å². The van der Waals surface area contributed by atoms with E-state index < -0.39 is 35.9 Å². The standard InChI is InChI=1S/C29H33F6NO3/c30-28(31,32)20-5-9-23(10-6-20)39-25-12-4-18-14-17(3-11-24(18)26(25)29(33,34)35)2-1-13-36-21-7-8-22(36)16-19(15-21)27(37)38/h3-4,11-12,14,19-23H,1-2,5-10,13,15-16H2,(H,37,38)/t19?,20-,21?,22?,23+. The van der Waals surface area contributed by atoms with E-state index in [-0.39, 0.29) is 54.8 Å². The third-order valence-corrected chi connectivity index (χ3v) is 8.88. The molecular formula is C29H33F6NO3. The van der Waals surface area contributed by atoms with Crippen LogP contribution in [-0.2, 0) is 17.4 Å². The molecule has 1 aliphatic carbocycles. The number of hydrogen-bond donors (Lipinski definition) is 1. The molecule has 10 heteroatoms. The van der Waals surface area contributed by atoms with Gasteiger partial charge in [-0.05, 0) is 93.2 Å². The highest BCUT2D eigenvalue weighted by molar-refractivity contribution is 5.89. The van der Waals surface area contributed by atoms with E-state index in [2.05, 4.69) is 4.90 Å². The number of aryl methyl sites for hydroxylation is 1. The van der Waals surface area contributed by atoms with Gasteiger partial charge in [0.15, 0.2) is 0 Å². The molecule has 2 atom stereocenters. The van der Waals surface area contributed by atoms with Crippen molar-refractivity contribution < 1.29 is 41.0 Å². The van der Waals surface area contributed by atoms with E-state index in [1.807, 2.05) is 0 Å². The van der Waals surface area contributed by atoms with E-state index in [4.69, 9.17) is 4.74 Å². The Kier molecular flexibility index (Phi) is 7.79. The van der Waals surface area contributed by atoms with Crippen molar-refractivity contribution in [2.24, 2.45) is 11.8 Å². The number of benzene rings is 2. The van der Waals surface area contributed by atoms with Crippen LogP contribution in [0.4, 0.5) is 26.3 Å². The SMILES string of the molecule is O=C(O)C1CC2CCC(C1)N2CCCc1ccc2c(C(F)(F)F)c(O[C@H]3CC[C@@H](C(F)(F)F)CC3)ccc2c1. The Morgan fingerprint density at radius 2 is 1.59 bits per heavy atom. The first-order valence-corrected chi connectivity index (χ1v) is 13.7. The monoisotopic (exact) mass is 557 g/mol. The van der Waals surface area contributed by atoms with Gasteiger partial charge in [-0.15, -0.1) is 0 Å². The molecule has 2 heterocycles. The van der Waals surface area contributed by atoms with Crippen molar-refractivity contribution in [3.05, 3.63) is 41.5 Å². The molecule has 4 nitrogen and oxygen atoms in total. The van der Waals surface area contributed by atoms with Gasteiger partial charge in [-0.2, -0.15) is 26.3 Å². The number of aliphatic carboxylic acids is 1. The summed E-state index contributed by atoms with van der Waals surface area (Å²) in [5, 5.41) is 9.83. The normalized spacial score (nSPS) is 28.1. The molecule has 1 saturated carbocycles. The van der Waals surface area contributed by atoms with Crippen molar-refractivity contribution in [3.63, 3.8) is 0 Å². The van der Waals surface area contributed by atoms with Crippen LogP contribution in [0.2, 0.25) is 0 Å². The second-order valence-electron chi connectivity index (χ2n) is 11.4. The van der Waals surface area contributed by atoms with E-state index in [0.29, 0.717) is 24.6 Å². The summed E-state index contributed by atoms with van der Waals surface area (Å²) in [6, 6.07) is 8.37. The summed E-state index contributed by atoms with van der Waals surface area (Å²) in [6.45, 7) is 0.830. The first-order chi connectivity index (χ1) is 18.4. The molecule has 3 fully saturated rings. The Morgan fingerprint density at radius 1 is 0.923 bits per heavy atom. The highest BCUT2D eigenvalue weighted by Gasteiger charge is 2.44. The Hall–Kier alpha value is -2.49. The van der Waals surface area contributed by atoms with Crippen LogP contribution < -0.4 is 4.74 Å². The van der Waals surface area contributed by atoms with Gasteiger partial charge in [0.25, 0.3) is 0 Å². The van der Waals surface area contributed by atoms with Gasteiger partial charge in [-0.3, -0.25) is 9.69 Å². The minimum atomic E-state index is -4.68. The van der Waals surface area contributed by atoms with E-state index in [1.165, 1.54) is 12.1 Å². The van der Waals surface area contributed by atoms with Crippen LogP contribution in [0, 0.1) is 11.8 Å². The van der Waals surface area contributed by atoms with Gasteiger partial charge >= 0.3 is 18.3 Å². The molecule has 0 spiro atoms. The zero-order chi connectivity index (χ0) is 27.9. The van der Waals surface area contributed by atoms with E-state index in [1.54, 1.807) is 18.2 Å². The van der Waals surface area contributed by atoms with Crippen molar-refractivity contribution in [1.29, 1.82) is 0 Å². The zero-order valence-corrected chi connectivity index (χ0v) is 21.5. The topological polar surface area (TPSA) is 49.8 Å². The summed E-state index contributed by atoms with van der Waals surface area (Å²) in [4.78, 5) is 13.8. The first kappa shape index (κ1) is 28.1. The maximum atomic E-state index is 14.1. The molecule has 2 bridgehead atoms. The molecule has 2 aliphatic heterocycles. The van der Waals surface area contributed by atoms with Gasteiger partial charge in [0, 0.05) is 12.1 Å². The second-order valence-corrected chi connectivity index (χ2v) is 11.4. The number of carboxylic acid groups (broad SMARTS) is 1. The fraction of sp³-hybridized carbons (Fsp3) is 0.621. The molecule has 2 unspecified atom stereocenters. The maximum absolute atomic E-state index is 14.1. The van der Waals surface area contributed by atoms with Crippen molar-refractivity contribution in [2.45, 2.75) is 94.7 Å². The number of ether oxygens (including phenoxy) is 1. The molecule has 214 valence electrons. The summed E-state index contributed by atoms with van der Waals surface area (Å²) >= 11 is 0. The van der Waals surface area contributed by atoms with Gasteiger partial charge < -0.3 is 9.84 Å². The molecular weight excluding hydrogens is 524 g/mol. The Labute approximate surface area is 223 Å². The number of carboxylic acids is 1. The molecule has 2 aromatic carbocycles. The average molecular weight is 558 g/mol. The van der Waals surface area contributed by atoms with Crippen molar-refractivity contribution in [1.82, 2.24) is 4.90 Å². The number of carbonyl (C=O) groups is 1. The van der Waals surface area contributed by atoms with Crippen molar-refractivity contribution >= 4 is 16.7 Å². The summed E-state index contributed by atoms with van der Waals surface area (Å²) in [5.74, 6) is -2.76. The van der Waals surface area contributed by atoms with E-state index in [0.717, 1.165) is 31.4 Å². The smallest absolute Gasteiger partial charge is 0.420 e. The highest BCUT2D eigenvalue weighted by atomic mass is 19.4. The summed E-state index contributed by atoms with van der Waals surface area (Å²) in [5.41, 5.74) is 0.0323. The largest absolute Gasteiger partial charge is 0.490 e. The van der Waals surface area contributed by atoms with Crippen LogP contribution in [0.25, 0.3) is 10.8 Å². The lowest BCUT2D eigenvalue weighted by Crippen LogP contribution is -2.45. The van der Waals surface area contributed by atoms with Gasteiger partial charge in [0.2, 0.25) is 0 Å². The highest BCUT2D eigenvalue weighted by Crippen LogP contribution is 2.44. The Morgan fingerprint density at radius 3 is 2.18 bits per heavy atom. The predicted molar refractivity (Wildman–Crippen MR) is 134 cm³/mol. The third kappa shape index (κ3) is 6.15. The number of fused-ring (bicyclic) bond motifs is 3. The van der Waals surface area contributed by atoms with Crippen LogP contribution in [0.1, 0.15) is 68.9 Å². The zero-order valence-electron chi connectivity index (χ0n) is 21.5. The summed E-state index contributed by atoms with van der Waals surface area (Å²) in [6.07, 6.45) is -4.93. The van der Waals surface area contributed by atoms with E-state index in [9.17, 15) is 36.2 Å². The quantitative estimate of drug-likeness (QED) is 0.356. The molecule has 0 radical (unpaired) electrons. The number of hydrogen-bond acceptors (Lipinski definition) is 3. The molecule has 2 aromatic rings. The van der Waals surface area contributed by atoms with Crippen LogP contribution in [0.3, 0.4) is 0 Å². The molecule has 0 amide bonds. The summed E-state index contributed by atoms with van der Waals surface area (Å²) < 4.78 is 87.0. The lowest BCUT2D eigenvalue weighted by Gasteiger charge is -2.37. The predicted octanol–water partition coefficient (Wildman–Crippen LogP) is 7.62. The van der Waals surface area contributed by atoms with Crippen LogP contribution in [0.5, 0.6) is 5.75 Å². The summed E-state index contributed by atoms with van der Waals surface area (Å²) in [7, 11) is 0. The van der Waals surface area contributed by atoms with Gasteiger partial charge in [-0.25, -0.2) is 0 Å². The Balaban J connectivity index is 1.25. The molecule has 2 saturated heterocycles. The second kappa shape index (κ2) is 10.8. The molecule has 3 aliphatic rings. The van der Waals surface area contributed by atoms with Crippen molar-refractivity contribution in [3.8, 4) is 5.75 Å². The minimum Gasteiger partial charge on any atom is -0.490 e. The van der Waals surface area contributed by atoms with Gasteiger partial charge in [0.05, 0.1) is 17.9 Å². The fourth-order valence-electron chi connectivity index (χ4n) is 6.90. The van der Waals surface area contributed by atoms with Crippen LogP contribution in [-0.4, -0.2) is 46.9 Å². The lowest BCUT2D eigenvalue weighted by molar-refractivity contribution is -0.185. The molecule has 39 heavy (non-hydrogen) atoms. The average Bonchev–Trinajstić information content (AvgIpc) is 3.09. The third-order valence-electron chi connectivity index (χ3n) is 8.88. The lowest BCUT2D eigenvalue weighted by atomic mass is 9.87. The Bertz CT molecular complexity index is 1170. The number of halogens is 6. The number of alkyl halides is 6.